The van der Waals surface area contributed by atoms with Gasteiger partial charge in [-0.15, -0.1) is 0 Å². The van der Waals surface area contributed by atoms with E-state index in [4.69, 9.17) is 9.47 Å². The highest BCUT2D eigenvalue weighted by Gasteiger charge is 2.04. The SMILES string of the molecule is CCCNCC(O)COc1cccc(COC)c1. The summed E-state index contributed by atoms with van der Waals surface area (Å²) in [6, 6.07) is 7.71. The monoisotopic (exact) mass is 253 g/mol. The first-order valence-electron chi connectivity index (χ1n) is 6.35. The molecular formula is C14H23NO3. The molecule has 0 aromatic heterocycles. The zero-order chi connectivity index (χ0) is 13.2. The van der Waals surface area contributed by atoms with E-state index in [2.05, 4.69) is 12.2 Å². The fourth-order valence-electron chi connectivity index (χ4n) is 1.59. The maximum atomic E-state index is 9.70. The van der Waals surface area contributed by atoms with E-state index in [-0.39, 0.29) is 0 Å². The maximum absolute atomic E-state index is 9.70. The number of hydrogen-bond acceptors (Lipinski definition) is 4. The second-order valence-corrected chi connectivity index (χ2v) is 4.25. The molecule has 18 heavy (non-hydrogen) atoms. The van der Waals surface area contributed by atoms with Crippen LogP contribution in [-0.2, 0) is 11.3 Å². The van der Waals surface area contributed by atoms with Crippen LogP contribution in [-0.4, -0.2) is 38.0 Å². The van der Waals surface area contributed by atoms with Crippen molar-refractivity contribution in [2.24, 2.45) is 0 Å². The predicted octanol–water partition coefficient (Wildman–Crippen LogP) is 1.57. The van der Waals surface area contributed by atoms with Gasteiger partial charge in [0, 0.05) is 13.7 Å². The Morgan fingerprint density at radius 3 is 2.94 bits per heavy atom. The van der Waals surface area contributed by atoms with Crippen LogP contribution in [0.4, 0.5) is 0 Å². The Kier molecular flexibility index (Phi) is 7.41. The van der Waals surface area contributed by atoms with Gasteiger partial charge < -0.3 is 19.9 Å². The molecule has 0 spiro atoms. The predicted molar refractivity (Wildman–Crippen MR) is 71.8 cm³/mol. The molecule has 0 amide bonds. The summed E-state index contributed by atoms with van der Waals surface area (Å²) < 4.78 is 10.6. The van der Waals surface area contributed by atoms with Crippen LogP contribution in [0.25, 0.3) is 0 Å². The van der Waals surface area contributed by atoms with Gasteiger partial charge in [0.2, 0.25) is 0 Å². The Labute approximate surface area is 109 Å². The summed E-state index contributed by atoms with van der Waals surface area (Å²) in [4.78, 5) is 0. The first-order chi connectivity index (χ1) is 8.76. The summed E-state index contributed by atoms with van der Waals surface area (Å²) in [5.41, 5.74) is 1.06. The topological polar surface area (TPSA) is 50.7 Å². The first kappa shape index (κ1) is 15.0. The largest absolute Gasteiger partial charge is 0.491 e. The highest BCUT2D eigenvalue weighted by Crippen LogP contribution is 2.14. The standard InChI is InChI=1S/C14H23NO3/c1-3-7-15-9-13(16)11-18-14-6-4-5-12(8-14)10-17-2/h4-6,8,13,15-16H,3,7,9-11H2,1-2H3. The second-order valence-electron chi connectivity index (χ2n) is 4.25. The van der Waals surface area contributed by atoms with Crippen molar-refractivity contribution < 1.29 is 14.6 Å². The Bertz CT molecular complexity index is 331. The maximum Gasteiger partial charge on any atom is 0.119 e. The quantitative estimate of drug-likeness (QED) is 0.656. The number of aliphatic hydroxyl groups is 1. The Balaban J connectivity index is 2.31. The van der Waals surface area contributed by atoms with E-state index >= 15 is 0 Å². The van der Waals surface area contributed by atoms with Crippen molar-refractivity contribution in [1.29, 1.82) is 0 Å². The van der Waals surface area contributed by atoms with Crippen LogP contribution >= 0.6 is 0 Å². The van der Waals surface area contributed by atoms with E-state index in [0.717, 1.165) is 24.3 Å². The summed E-state index contributed by atoms with van der Waals surface area (Å²) >= 11 is 0. The molecule has 4 heteroatoms. The molecule has 4 nitrogen and oxygen atoms in total. The smallest absolute Gasteiger partial charge is 0.119 e. The number of nitrogens with one attached hydrogen (secondary N) is 1. The van der Waals surface area contributed by atoms with Gasteiger partial charge in [0.1, 0.15) is 18.5 Å². The number of methoxy groups -OCH3 is 1. The molecule has 0 saturated carbocycles. The van der Waals surface area contributed by atoms with Gasteiger partial charge in [-0.05, 0) is 30.7 Å². The highest BCUT2D eigenvalue weighted by molar-refractivity contribution is 5.28. The molecule has 1 unspecified atom stereocenters. The summed E-state index contributed by atoms with van der Waals surface area (Å²) in [5, 5.41) is 12.9. The van der Waals surface area contributed by atoms with Gasteiger partial charge in [-0.25, -0.2) is 0 Å². The average Bonchev–Trinajstić information content (AvgIpc) is 2.38. The molecule has 0 heterocycles. The molecule has 2 N–H and O–H groups in total. The van der Waals surface area contributed by atoms with E-state index in [9.17, 15) is 5.11 Å². The van der Waals surface area contributed by atoms with Crippen molar-refractivity contribution in [3.05, 3.63) is 29.8 Å². The number of benzene rings is 1. The van der Waals surface area contributed by atoms with Crippen LogP contribution in [0.3, 0.4) is 0 Å². The van der Waals surface area contributed by atoms with Gasteiger partial charge in [-0.1, -0.05) is 19.1 Å². The Morgan fingerprint density at radius 1 is 1.39 bits per heavy atom. The van der Waals surface area contributed by atoms with E-state index in [1.807, 2.05) is 24.3 Å². The molecule has 102 valence electrons. The molecule has 1 aromatic rings. The summed E-state index contributed by atoms with van der Waals surface area (Å²) in [6.07, 6.45) is 0.578. The zero-order valence-electron chi connectivity index (χ0n) is 11.2. The lowest BCUT2D eigenvalue weighted by atomic mass is 10.2. The summed E-state index contributed by atoms with van der Waals surface area (Å²) in [7, 11) is 1.66. The lowest BCUT2D eigenvalue weighted by molar-refractivity contribution is 0.106. The van der Waals surface area contributed by atoms with Gasteiger partial charge in [0.15, 0.2) is 0 Å². The minimum absolute atomic E-state index is 0.299. The molecule has 0 aliphatic rings. The third-order valence-corrected chi connectivity index (χ3v) is 2.46. The molecule has 1 atom stereocenters. The molecule has 1 aromatic carbocycles. The van der Waals surface area contributed by atoms with Crippen molar-refractivity contribution in [1.82, 2.24) is 5.32 Å². The third-order valence-electron chi connectivity index (χ3n) is 2.46. The Hall–Kier alpha value is -1.10. The van der Waals surface area contributed by atoms with Gasteiger partial charge in [-0.2, -0.15) is 0 Å². The van der Waals surface area contributed by atoms with Crippen LogP contribution in [0.2, 0.25) is 0 Å². The normalized spacial score (nSPS) is 12.4. The second kappa shape index (κ2) is 8.91. The van der Waals surface area contributed by atoms with Gasteiger partial charge in [-0.3, -0.25) is 0 Å². The van der Waals surface area contributed by atoms with Crippen LogP contribution in [0, 0.1) is 0 Å². The highest BCUT2D eigenvalue weighted by atomic mass is 16.5. The van der Waals surface area contributed by atoms with E-state index in [1.165, 1.54) is 0 Å². The van der Waals surface area contributed by atoms with Gasteiger partial charge in [0.25, 0.3) is 0 Å². The molecule has 0 bridgehead atoms. The molecular weight excluding hydrogens is 230 g/mol. The van der Waals surface area contributed by atoms with E-state index in [0.29, 0.717) is 19.8 Å². The summed E-state index contributed by atoms with van der Waals surface area (Å²) in [5.74, 6) is 0.763. The van der Waals surface area contributed by atoms with Crippen molar-refractivity contribution in [2.45, 2.75) is 26.1 Å². The molecule has 0 aliphatic heterocycles. The lowest BCUT2D eigenvalue weighted by Crippen LogP contribution is -2.31. The van der Waals surface area contributed by atoms with Crippen LogP contribution in [0.15, 0.2) is 24.3 Å². The molecule has 0 fully saturated rings. The lowest BCUT2D eigenvalue weighted by Gasteiger charge is -2.13. The van der Waals surface area contributed by atoms with Gasteiger partial charge >= 0.3 is 0 Å². The number of aliphatic hydroxyl groups excluding tert-OH is 1. The van der Waals surface area contributed by atoms with Crippen molar-refractivity contribution in [2.75, 3.05) is 26.8 Å². The van der Waals surface area contributed by atoms with Crippen molar-refractivity contribution in [3.8, 4) is 5.75 Å². The molecule has 0 saturated heterocycles. The van der Waals surface area contributed by atoms with Crippen molar-refractivity contribution >= 4 is 0 Å². The van der Waals surface area contributed by atoms with Crippen LogP contribution in [0.1, 0.15) is 18.9 Å². The van der Waals surface area contributed by atoms with E-state index in [1.54, 1.807) is 7.11 Å². The number of ether oxygens (including phenoxy) is 2. The molecule has 1 rings (SSSR count). The zero-order valence-corrected chi connectivity index (χ0v) is 11.2. The van der Waals surface area contributed by atoms with Gasteiger partial charge in [0.05, 0.1) is 6.61 Å². The van der Waals surface area contributed by atoms with Crippen molar-refractivity contribution in [3.63, 3.8) is 0 Å². The minimum Gasteiger partial charge on any atom is -0.491 e. The summed E-state index contributed by atoms with van der Waals surface area (Å²) in [6.45, 7) is 4.44. The molecule has 0 aliphatic carbocycles. The fraction of sp³-hybridized carbons (Fsp3) is 0.571. The molecule has 0 radical (unpaired) electrons. The van der Waals surface area contributed by atoms with E-state index < -0.39 is 6.10 Å². The number of hydrogen-bond donors (Lipinski definition) is 2. The fourth-order valence-corrected chi connectivity index (χ4v) is 1.59. The Morgan fingerprint density at radius 2 is 2.22 bits per heavy atom. The first-order valence-corrected chi connectivity index (χ1v) is 6.35. The minimum atomic E-state index is -0.484. The third kappa shape index (κ3) is 6.00. The van der Waals surface area contributed by atoms with Crippen LogP contribution < -0.4 is 10.1 Å². The number of rotatable bonds is 9. The average molecular weight is 253 g/mol. The van der Waals surface area contributed by atoms with Crippen LogP contribution in [0.5, 0.6) is 5.75 Å².